The van der Waals surface area contributed by atoms with Crippen molar-refractivity contribution < 1.29 is 17.6 Å². The molecule has 2 aromatic carbocycles. The molecule has 0 aliphatic heterocycles. The van der Waals surface area contributed by atoms with E-state index in [-0.39, 0.29) is 26.9 Å². The number of nitrogens with zero attached hydrogens (tertiary/aromatic N) is 1. The fourth-order valence-electron chi connectivity index (χ4n) is 2.57. The summed E-state index contributed by atoms with van der Waals surface area (Å²) in [6, 6.07) is 7.40. The van der Waals surface area contributed by atoms with E-state index in [2.05, 4.69) is 10.3 Å². The van der Waals surface area contributed by atoms with Crippen molar-refractivity contribution in [3.63, 3.8) is 0 Å². The van der Waals surface area contributed by atoms with Gasteiger partial charge in [0.25, 0.3) is 0 Å². The Balaban J connectivity index is 1.88. The van der Waals surface area contributed by atoms with Crippen LogP contribution in [-0.2, 0) is 6.18 Å². The molecule has 0 bridgehead atoms. The van der Waals surface area contributed by atoms with Crippen molar-refractivity contribution in [3.05, 3.63) is 68.8 Å². The minimum Gasteiger partial charge on any atom is -0.355 e. The third-order valence-electron chi connectivity index (χ3n) is 3.84. The summed E-state index contributed by atoms with van der Waals surface area (Å²) in [5.41, 5.74) is -0.353. The first-order valence-corrected chi connectivity index (χ1v) is 9.33. The molecule has 1 unspecified atom stereocenters. The van der Waals surface area contributed by atoms with Gasteiger partial charge in [-0.3, -0.25) is 0 Å². The van der Waals surface area contributed by atoms with Crippen molar-refractivity contribution in [1.82, 2.24) is 4.98 Å². The molecule has 0 radical (unpaired) electrons. The number of rotatable bonds is 4. The molecule has 3 aromatic rings. The van der Waals surface area contributed by atoms with Gasteiger partial charge < -0.3 is 5.32 Å². The molecule has 0 fully saturated rings. The topological polar surface area (TPSA) is 24.9 Å². The van der Waals surface area contributed by atoms with Gasteiger partial charge in [0.2, 0.25) is 0 Å². The van der Waals surface area contributed by atoms with Crippen LogP contribution >= 0.6 is 34.5 Å². The maximum absolute atomic E-state index is 14.2. The summed E-state index contributed by atoms with van der Waals surface area (Å²) < 4.78 is 53.8. The highest BCUT2D eigenvalue weighted by Crippen LogP contribution is 2.38. The Kier molecular flexibility index (Phi) is 5.65. The van der Waals surface area contributed by atoms with Gasteiger partial charge in [0.15, 0.2) is 5.13 Å². The summed E-state index contributed by atoms with van der Waals surface area (Å²) in [6.45, 7) is 1.68. The average molecular weight is 435 g/mol. The van der Waals surface area contributed by atoms with Gasteiger partial charge >= 0.3 is 6.18 Å². The van der Waals surface area contributed by atoms with Crippen molar-refractivity contribution >= 4 is 39.7 Å². The summed E-state index contributed by atoms with van der Waals surface area (Å²) in [4.78, 5) is 4.21. The normalized spacial score (nSPS) is 12.9. The lowest BCUT2D eigenvalue weighted by Crippen LogP contribution is -2.09. The number of hydrogen-bond acceptors (Lipinski definition) is 3. The third-order valence-corrected chi connectivity index (χ3v) is 5.11. The molecule has 0 saturated heterocycles. The average Bonchev–Trinajstić information content (AvgIpc) is 3.05. The Bertz CT molecular complexity index is 972. The molecular weight excluding hydrogens is 423 g/mol. The van der Waals surface area contributed by atoms with Gasteiger partial charge in [-0.1, -0.05) is 41.4 Å². The predicted octanol–water partition coefficient (Wildman–Crippen LogP) is 7.45. The number of aromatic nitrogens is 1. The van der Waals surface area contributed by atoms with Crippen LogP contribution in [0.3, 0.4) is 0 Å². The van der Waals surface area contributed by atoms with Crippen LogP contribution < -0.4 is 5.32 Å². The first-order chi connectivity index (χ1) is 12.7. The van der Waals surface area contributed by atoms with Gasteiger partial charge in [-0.05, 0) is 25.1 Å². The van der Waals surface area contributed by atoms with E-state index in [1.807, 2.05) is 0 Å². The molecule has 1 N–H and O–H groups in total. The molecule has 142 valence electrons. The number of halogens is 6. The molecule has 9 heteroatoms. The predicted molar refractivity (Wildman–Crippen MR) is 101 cm³/mol. The largest absolute Gasteiger partial charge is 0.417 e. The first-order valence-electron chi connectivity index (χ1n) is 7.70. The van der Waals surface area contributed by atoms with Gasteiger partial charge in [0.05, 0.1) is 22.3 Å². The zero-order valence-electron chi connectivity index (χ0n) is 13.7. The van der Waals surface area contributed by atoms with E-state index < -0.39 is 23.6 Å². The van der Waals surface area contributed by atoms with Gasteiger partial charge in [-0.15, -0.1) is 11.3 Å². The Morgan fingerprint density at radius 3 is 2.56 bits per heavy atom. The minimum atomic E-state index is -4.48. The summed E-state index contributed by atoms with van der Waals surface area (Å²) in [7, 11) is 0. The van der Waals surface area contributed by atoms with Crippen molar-refractivity contribution in [3.8, 4) is 11.3 Å². The van der Waals surface area contributed by atoms with E-state index in [1.165, 1.54) is 35.7 Å². The van der Waals surface area contributed by atoms with Gasteiger partial charge in [0.1, 0.15) is 5.82 Å². The van der Waals surface area contributed by atoms with Crippen LogP contribution in [0, 0.1) is 5.82 Å². The Morgan fingerprint density at radius 1 is 1.15 bits per heavy atom. The van der Waals surface area contributed by atoms with Crippen molar-refractivity contribution in [2.75, 3.05) is 5.32 Å². The van der Waals surface area contributed by atoms with E-state index in [9.17, 15) is 17.6 Å². The molecule has 0 aliphatic rings. The molecular formula is C18H12Cl2F4N2S. The Hall–Kier alpha value is -1.83. The van der Waals surface area contributed by atoms with Crippen LogP contribution in [-0.4, -0.2) is 4.98 Å². The molecule has 0 spiro atoms. The lowest BCUT2D eigenvalue weighted by Gasteiger charge is -2.15. The highest BCUT2D eigenvalue weighted by Gasteiger charge is 2.33. The Labute approximate surface area is 166 Å². The highest BCUT2D eigenvalue weighted by atomic mass is 35.5. The van der Waals surface area contributed by atoms with E-state index in [4.69, 9.17) is 23.2 Å². The molecule has 1 aromatic heterocycles. The summed E-state index contributed by atoms with van der Waals surface area (Å²) in [6.07, 6.45) is -4.48. The molecule has 1 atom stereocenters. The van der Waals surface area contributed by atoms with Crippen LogP contribution in [0.15, 0.2) is 41.8 Å². The van der Waals surface area contributed by atoms with Gasteiger partial charge in [0, 0.05) is 21.5 Å². The van der Waals surface area contributed by atoms with E-state index in [0.717, 1.165) is 17.4 Å². The first kappa shape index (κ1) is 19.9. The molecule has 3 rings (SSSR count). The number of benzene rings is 2. The number of alkyl halides is 3. The molecule has 0 saturated carbocycles. The molecule has 0 aliphatic carbocycles. The number of nitrogens with one attached hydrogen (secondary N) is 1. The molecule has 27 heavy (non-hydrogen) atoms. The summed E-state index contributed by atoms with van der Waals surface area (Å²) in [5.74, 6) is -0.611. The van der Waals surface area contributed by atoms with Crippen LogP contribution in [0.25, 0.3) is 11.3 Å². The molecule has 0 amide bonds. The smallest absolute Gasteiger partial charge is 0.355 e. The van der Waals surface area contributed by atoms with Crippen molar-refractivity contribution in [1.29, 1.82) is 0 Å². The fraction of sp³-hybridized carbons (Fsp3) is 0.167. The van der Waals surface area contributed by atoms with Crippen LogP contribution in [0.5, 0.6) is 0 Å². The lowest BCUT2D eigenvalue weighted by atomic mass is 10.1. The van der Waals surface area contributed by atoms with E-state index in [0.29, 0.717) is 5.13 Å². The second kappa shape index (κ2) is 7.66. The SMILES string of the molecule is CC(Nc1nc(-c2ccccc2C(F)(F)F)cs1)c1cc(Cl)cc(Cl)c1F. The molecule has 1 heterocycles. The van der Waals surface area contributed by atoms with Gasteiger partial charge in [-0.2, -0.15) is 13.2 Å². The Morgan fingerprint density at radius 2 is 1.85 bits per heavy atom. The standard InChI is InChI=1S/C18H12Cl2F4N2S/c1-9(12-6-10(19)7-14(20)16(12)21)25-17-26-15(8-27-17)11-4-2-3-5-13(11)18(22,23)24/h2-9H,1H3,(H,25,26). The third kappa shape index (κ3) is 4.36. The second-order valence-electron chi connectivity index (χ2n) is 5.74. The van der Waals surface area contributed by atoms with Crippen LogP contribution in [0.4, 0.5) is 22.7 Å². The van der Waals surface area contributed by atoms with Crippen molar-refractivity contribution in [2.45, 2.75) is 19.1 Å². The number of hydrogen-bond donors (Lipinski definition) is 1. The lowest BCUT2D eigenvalue weighted by molar-refractivity contribution is -0.137. The fourth-order valence-corrected chi connectivity index (χ4v) is 3.88. The van der Waals surface area contributed by atoms with E-state index in [1.54, 1.807) is 6.92 Å². The van der Waals surface area contributed by atoms with Crippen LogP contribution in [0.2, 0.25) is 10.0 Å². The second-order valence-corrected chi connectivity index (χ2v) is 7.44. The van der Waals surface area contributed by atoms with Gasteiger partial charge in [-0.25, -0.2) is 9.37 Å². The molecule has 2 nitrogen and oxygen atoms in total. The zero-order chi connectivity index (χ0) is 19.8. The number of thiazole rings is 1. The summed E-state index contributed by atoms with van der Waals surface area (Å²) in [5, 5.41) is 5.01. The summed E-state index contributed by atoms with van der Waals surface area (Å²) >= 11 is 12.8. The highest BCUT2D eigenvalue weighted by molar-refractivity contribution is 7.14. The van der Waals surface area contributed by atoms with Crippen molar-refractivity contribution in [2.24, 2.45) is 0 Å². The monoisotopic (exact) mass is 434 g/mol. The van der Waals surface area contributed by atoms with E-state index >= 15 is 0 Å². The number of anilines is 1. The zero-order valence-corrected chi connectivity index (χ0v) is 16.1. The quantitative estimate of drug-likeness (QED) is 0.340. The maximum atomic E-state index is 14.2. The van der Waals surface area contributed by atoms with Crippen LogP contribution in [0.1, 0.15) is 24.1 Å². The minimum absolute atomic E-state index is 0.0149. The maximum Gasteiger partial charge on any atom is 0.417 e.